The molecule has 0 saturated heterocycles. The molecule has 0 aliphatic rings. The van der Waals surface area contributed by atoms with E-state index < -0.39 is 0 Å². The Labute approximate surface area is 112 Å². The highest BCUT2D eigenvalue weighted by Crippen LogP contribution is 2.26. The second kappa shape index (κ2) is 4.73. The Kier molecular flexibility index (Phi) is 2.92. The monoisotopic (exact) mass is 250 g/mol. The zero-order valence-corrected chi connectivity index (χ0v) is 11.1. The molecule has 0 atom stereocenters. The second-order valence-corrected chi connectivity index (χ2v) is 4.68. The van der Waals surface area contributed by atoms with Gasteiger partial charge in [0, 0.05) is 12.1 Å². The number of nitrogens with zero attached hydrogens (tertiary/aromatic N) is 1. The number of rotatable bonds is 2. The molecule has 2 aromatic carbocycles. The summed E-state index contributed by atoms with van der Waals surface area (Å²) in [5.74, 6) is 0.895. The number of methoxy groups -OCH3 is 1. The van der Waals surface area contributed by atoms with Crippen molar-refractivity contribution >= 4 is 10.8 Å². The zero-order valence-electron chi connectivity index (χ0n) is 11.1. The summed E-state index contributed by atoms with van der Waals surface area (Å²) in [6.07, 6.45) is 4.13. The Morgan fingerprint density at radius 2 is 1.47 bits per heavy atom. The fourth-order valence-corrected chi connectivity index (χ4v) is 2.22. The predicted octanol–water partition coefficient (Wildman–Crippen LogP) is 3.34. The average molecular weight is 250 g/mol. The molecule has 2 nitrogen and oxygen atoms in total. The molecule has 0 amide bonds. The third-order valence-corrected chi connectivity index (χ3v) is 3.36. The number of hydrogen-bond donors (Lipinski definition) is 0. The van der Waals surface area contributed by atoms with Crippen molar-refractivity contribution in [2.75, 3.05) is 7.11 Å². The van der Waals surface area contributed by atoms with Crippen LogP contribution >= 0.6 is 0 Å². The molecular weight excluding hydrogens is 234 g/mol. The van der Waals surface area contributed by atoms with E-state index in [1.165, 1.54) is 21.9 Å². The summed E-state index contributed by atoms with van der Waals surface area (Å²) in [5.41, 5.74) is 2.47. The minimum Gasteiger partial charge on any atom is -0.497 e. The van der Waals surface area contributed by atoms with Crippen molar-refractivity contribution in [3.8, 4) is 16.9 Å². The first-order valence-corrected chi connectivity index (χ1v) is 6.30. The van der Waals surface area contributed by atoms with E-state index in [9.17, 15) is 0 Å². The lowest BCUT2D eigenvalue weighted by Crippen LogP contribution is -2.25. The molecule has 19 heavy (non-hydrogen) atoms. The van der Waals surface area contributed by atoms with Gasteiger partial charge in [-0.25, -0.2) is 4.57 Å². The molecule has 2 heteroatoms. The Bertz CT molecular complexity index is 717. The molecule has 0 saturated carbocycles. The van der Waals surface area contributed by atoms with E-state index >= 15 is 0 Å². The van der Waals surface area contributed by atoms with E-state index in [1.54, 1.807) is 7.11 Å². The Balaban J connectivity index is 2.08. The molecule has 0 bridgehead atoms. The molecule has 0 unspecified atom stereocenters. The maximum Gasteiger partial charge on any atom is 0.169 e. The minimum atomic E-state index is 0.895. The van der Waals surface area contributed by atoms with Gasteiger partial charge in [-0.2, -0.15) is 0 Å². The highest BCUT2D eigenvalue weighted by atomic mass is 16.5. The van der Waals surface area contributed by atoms with Gasteiger partial charge in [-0.1, -0.05) is 18.2 Å². The summed E-state index contributed by atoms with van der Waals surface area (Å²) >= 11 is 0. The highest BCUT2D eigenvalue weighted by Gasteiger charge is 2.02. The number of hydrogen-bond acceptors (Lipinski definition) is 1. The predicted molar refractivity (Wildman–Crippen MR) is 77.1 cm³/mol. The third-order valence-electron chi connectivity index (χ3n) is 3.36. The van der Waals surface area contributed by atoms with E-state index in [4.69, 9.17) is 4.74 Å². The normalized spacial score (nSPS) is 10.6. The fourth-order valence-electron chi connectivity index (χ4n) is 2.22. The summed E-state index contributed by atoms with van der Waals surface area (Å²) in [6, 6.07) is 16.9. The van der Waals surface area contributed by atoms with Crippen molar-refractivity contribution in [1.82, 2.24) is 0 Å². The summed E-state index contributed by atoms with van der Waals surface area (Å²) in [4.78, 5) is 0. The molecule has 3 aromatic rings. The van der Waals surface area contributed by atoms with E-state index in [0.717, 1.165) is 5.75 Å². The maximum absolute atomic E-state index is 5.25. The SMILES string of the molecule is COc1ccc2cc(-c3cc[n+](C)cc3)ccc2c1. The van der Waals surface area contributed by atoms with Gasteiger partial charge in [0.15, 0.2) is 12.4 Å². The van der Waals surface area contributed by atoms with E-state index in [2.05, 4.69) is 54.9 Å². The van der Waals surface area contributed by atoms with Gasteiger partial charge in [-0.3, -0.25) is 0 Å². The van der Waals surface area contributed by atoms with Crippen LogP contribution in [0.25, 0.3) is 21.9 Å². The Hall–Kier alpha value is -2.35. The first kappa shape index (κ1) is 11.7. The number of aromatic nitrogens is 1. The van der Waals surface area contributed by atoms with E-state index in [0.29, 0.717) is 0 Å². The third kappa shape index (κ3) is 2.29. The molecule has 0 aliphatic carbocycles. The summed E-state index contributed by atoms with van der Waals surface area (Å²) < 4.78 is 7.28. The highest BCUT2D eigenvalue weighted by molar-refractivity contribution is 5.88. The van der Waals surface area contributed by atoms with Crippen molar-refractivity contribution in [2.24, 2.45) is 7.05 Å². The van der Waals surface area contributed by atoms with Crippen LogP contribution in [0.2, 0.25) is 0 Å². The number of pyridine rings is 1. The molecule has 0 radical (unpaired) electrons. The van der Waals surface area contributed by atoms with E-state index in [1.807, 2.05) is 17.7 Å². The summed E-state index contributed by atoms with van der Waals surface area (Å²) in [6.45, 7) is 0. The van der Waals surface area contributed by atoms with Crippen molar-refractivity contribution < 1.29 is 9.30 Å². The van der Waals surface area contributed by atoms with Crippen LogP contribution in [0.4, 0.5) is 0 Å². The number of fused-ring (bicyclic) bond motifs is 1. The van der Waals surface area contributed by atoms with Gasteiger partial charge in [0.05, 0.1) is 7.11 Å². The first-order valence-electron chi connectivity index (χ1n) is 6.30. The maximum atomic E-state index is 5.25. The molecule has 0 aliphatic heterocycles. The van der Waals surface area contributed by atoms with Crippen LogP contribution in [0.3, 0.4) is 0 Å². The standard InChI is InChI=1S/C17H16NO/c1-18-9-7-13(8-10-18)14-3-4-16-12-17(19-2)6-5-15(16)11-14/h3-12H,1-2H3/q+1. The number of benzene rings is 2. The molecule has 1 aromatic heterocycles. The van der Waals surface area contributed by atoms with Crippen molar-refractivity contribution in [3.63, 3.8) is 0 Å². The van der Waals surface area contributed by atoms with E-state index in [-0.39, 0.29) is 0 Å². The van der Waals surface area contributed by atoms with Gasteiger partial charge < -0.3 is 4.74 Å². The lowest BCUT2D eigenvalue weighted by atomic mass is 10.0. The van der Waals surface area contributed by atoms with Gasteiger partial charge in [-0.15, -0.1) is 0 Å². The van der Waals surface area contributed by atoms with Crippen LogP contribution in [-0.2, 0) is 7.05 Å². The van der Waals surface area contributed by atoms with Gasteiger partial charge in [-0.05, 0) is 40.1 Å². The van der Waals surface area contributed by atoms with Gasteiger partial charge >= 0.3 is 0 Å². The molecule has 0 fully saturated rings. The molecule has 94 valence electrons. The van der Waals surface area contributed by atoms with Crippen LogP contribution in [0, 0.1) is 0 Å². The topological polar surface area (TPSA) is 13.1 Å². The lowest BCUT2D eigenvalue weighted by Gasteiger charge is -2.05. The van der Waals surface area contributed by atoms with Gasteiger partial charge in [0.2, 0.25) is 0 Å². The molecule has 3 rings (SSSR count). The molecule has 0 N–H and O–H groups in total. The molecule has 0 spiro atoms. The minimum absolute atomic E-state index is 0.895. The van der Waals surface area contributed by atoms with Crippen molar-refractivity contribution in [2.45, 2.75) is 0 Å². The molecule has 1 heterocycles. The van der Waals surface area contributed by atoms with Crippen LogP contribution in [0.15, 0.2) is 60.9 Å². The van der Waals surface area contributed by atoms with Gasteiger partial charge in [0.1, 0.15) is 12.8 Å². The zero-order chi connectivity index (χ0) is 13.2. The quantitative estimate of drug-likeness (QED) is 0.636. The average Bonchev–Trinajstić information content (AvgIpc) is 2.47. The number of aryl methyl sites for hydroxylation is 1. The number of ether oxygens (including phenoxy) is 1. The Morgan fingerprint density at radius 3 is 2.21 bits per heavy atom. The lowest BCUT2D eigenvalue weighted by molar-refractivity contribution is -0.671. The van der Waals surface area contributed by atoms with Crippen LogP contribution in [0.5, 0.6) is 5.75 Å². The smallest absolute Gasteiger partial charge is 0.169 e. The molecular formula is C17H16NO+. The van der Waals surface area contributed by atoms with Gasteiger partial charge in [0.25, 0.3) is 0 Å². The largest absolute Gasteiger partial charge is 0.497 e. The Morgan fingerprint density at radius 1 is 0.789 bits per heavy atom. The van der Waals surface area contributed by atoms with Crippen LogP contribution in [0.1, 0.15) is 0 Å². The summed E-state index contributed by atoms with van der Waals surface area (Å²) in [7, 11) is 3.72. The second-order valence-electron chi connectivity index (χ2n) is 4.68. The fraction of sp³-hybridized carbons (Fsp3) is 0.118. The van der Waals surface area contributed by atoms with Crippen LogP contribution in [-0.4, -0.2) is 7.11 Å². The van der Waals surface area contributed by atoms with Crippen molar-refractivity contribution in [3.05, 3.63) is 60.9 Å². The van der Waals surface area contributed by atoms with Crippen LogP contribution < -0.4 is 9.30 Å². The first-order chi connectivity index (χ1) is 9.26. The summed E-state index contributed by atoms with van der Waals surface area (Å²) in [5, 5.41) is 2.43. The van der Waals surface area contributed by atoms with Crippen molar-refractivity contribution in [1.29, 1.82) is 0 Å².